The first-order valence-electron chi connectivity index (χ1n) is 6.16. The van der Waals surface area contributed by atoms with Gasteiger partial charge >= 0.3 is 12.2 Å². The van der Waals surface area contributed by atoms with Crippen LogP contribution >= 0.6 is 0 Å². The number of nitrogens with two attached hydrogens (primary N) is 1. The molecule has 0 radical (unpaired) electrons. The Morgan fingerprint density at radius 2 is 1.61 bits per heavy atom. The highest BCUT2D eigenvalue weighted by atomic mass is 19.4. The molecule has 0 spiro atoms. The zero-order valence-corrected chi connectivity index (χ0v) is 11.3. The molecule has 0 fully saturated rings. The minimum Gasteiger partial charge on any atom is -0.396 e. The molecule has 0 aliphatic rings. The Morgan fingerprint density at radius 1 is 0.957 bits per heavy atom. The van der Waals surface area contributed by atoms with Crippen molar-refractivity contribution in [2.75, 3.05) is 16.4 Å². The lowest BCUT2D eigenvalue weighted by molar-refractivity contribution is -0.137. The van der Waals surface area contributed by atoms with E-state index >= 15 is 0 Å². The molecule has 23 heavy (non-hydrogen) atoms. The van der Waals surface area contributed by atoms with E-state index in [2.05, 4.69) is 5.32 Å². The number of alkyl halides is 3. The summed E-state index contributed by atoms with van der Waals surface area (Å²) in [6.45, 7) is 0. The number of nitrogens with one attached hydrogen (secondary N) is 2. The molecular weight excluding hydrogens is 321 g/mol. The van der Waals surface area contributed by atoms with Crippen molar-refractivity contribution in [3.63, 3.8) is 0 Å². The Bertz CT molecular complexity index is 746. The molecule has 4 nitrogen and oxygen atoms in total. The minimum atomic E-state index is -4.67. The molecule has 0 heterocycles. The number of benzene rings is 2. The zero-order chi connectivity index (χ0) is 17.2. The van der Waals surface area contributed by atoms with Crippen molar-refractivity contribution in [1.82, 2.24) is 0 Å². The second-order valence-corrected chi connectivity index (χ2v) is 4.51. The smallest absolute Gasteiger partial charge is 0.396 e. The van der Waals surface area contributed by atoms with Crippen LogP contribution in [0.4, 0.5) is 43.8 Å². The van der Waals surface area contributed by atoms with E-state index in [9.17, 15) is 26.7 Å². The van der Waals surface area contributed by atoms with Crippen molar-refractivity contribution >= 4 is 23.1 Å². The van der Waals surface area contributed by atoms with Crippen molar-refractivity contribution in [3.8, 4) is 0 Å². The number of urea groups is 1. The lowest BCUT2D eigenvalue weighted by Gasteiger charge is -2.12. The van der Waals surface area contributed by atoms with Gasteiger partial charge in [0.15, 0.2) is 0 Å². The highest BCUT2D eigenvalue weighted by molar-refractivity contribution is 6.00. The van der Waals surface area contributed by atoms with Gasteiger partial charge in [-0.05, 0) is 36.4 Å². The average Bonchev–Trinajstić information content (AvgIpc) is 2.44. The van der Waals surface area contributed by atoms with E-state index in [0.29, 0.717) is 18.2 Å². The Labute approximate surface area is 127 Å². The maximum Gasteiger partial charge on any atom is 0.416 e. The number of nitrogen functional groups attached to an aromatic ring is 1. The van der Waals surface area contributed by atoms with Crippen LogP contribution in [0.3, 0.4) is 0 Å². The molecule has 2 rings (SSSR count). The summed E-state index contributed by atoms with van der Waals surface area (Å²) in [5, 5.41) is 4.14. The Morgan fingerprint density at radius 3 is 2.22 bits per heavy atom. The van der Waals surface area contributed by atoms with Crippen LogP contribution in [-0.4, -0.2) is 6.03 Å². The molecule has 122 valence electrons. The molecule has 0 unspecified atom stereocenters. The van der Waals surface area contributed by atoms with Crippen molar-refractivity contribution in [3.05, 3.63) is 53.6 Å². The molecular formula is C14H10F5N3O. The predicted molar refractivity (Wildman–Crippen MR) is 74.9 cm³/mol. The summed E-state index contributed by atoms with van der Waals surface area (Å²) >= 11 is 0. The van der Waals surface area contributed by atoms with Crippen molar-refractivity contribution in [2.24, 2.45) is 0 Å². The van der Waals surface area contributed by atoms with Gasteiger partial charge in [-0.1, -0.05) is 0 Å². The molecule has 0 aromatic heterocycles. The third kappa shape index (κ3) is 4.09. The van der Waals surface area contributed by atoms with Crippen LogP contribution in [0.2, 0.25) is 0 Å². The molecule has 0 aliphatic carbocycles. The van der Waals surface area contributed by atoms with Crippen LogP contribution in [0.15, 0.2) is 36.4 Å². The molecule has 4 N–H and O–H groups in total. The van der Waals surface area contributed by atoms with Crippen LogP contribution in [0, 0.1) is 11.6 Å². The van der Waals surface area contributed by atoms with E-state index in [0.717, 1.165) is 12.1 Å². The van der Waals surface area contributed by atoms with Gasteiger partial charge in [0.05, 0.1) is 16.9 Å². The lowest BCUT2D eigenvalue weighted by Crippen LogP contribution is -2.20. The zero-order valence-electron chi connectivity index (χ0n) is 11.3. The van der Waals surface area contributed by atoms with Gasteiger partial charge in [0.2, 0.25) is 0 Å². The minimum absolute atomic E-state index is 0.0915. The highest BCUT2D eigenvalue weighted by Crippen LogP contribution is 2.31. The monoisotopic (exact) mass is 331 g/mol. The van der Waals surface area contributed by atoms with E-state index < -0.39 is 35.1 Å². The highest BCUT2D eigenvalue weighted by Gasteiger charge is 2.31. The third-order valence-electron chi connectivity index (χ3n) is 2.80. The van der Waals surface area contributed by atoms with E-state index in [1.165, 1.54) is 6.07 Å². The Kier molecular flexibility index (Phi) is 4.39. The van der Waals surface area contributed by atoms with E-state index in [4.69, 9.17) is 5.73 Å². The summed E-state index contributed by atoms with van der Waals surface area (Å²) in [7, 11) is 0. The fraction of sp³-hybridized carbons (Fsp3) is 0.0714. The number of hydrogen-bond acceptors (Lipinski definition) is 2. The first-order chi connectivity index (χ1) is 10.7. The summed E-state index contributed by atoms with van der Waals surface area (Å²) in [4.78, 5) is 11.7. The molecule has 2 aromatic carbocycles. The van der Waals surface area contributed by atoms with Gasteiger partial charge in [-0.2, -0.15) is 13.2 Å². The summed E-state index contributed by atoms with van der Waals surface area (Å²) in [5.41, 5.74) is 3.42. The maximum atomic E-state index is 13.5. The van der Waals surface area contributed by atoms with E-state index in [1.807, 2.05) is 5.32 Å². The van der Waals surface area contributed by atoms with Crippen molar-refractivity contribution in [2.45, 2.75) is 6.18 Å². The number of halogens is 5. The summed E-state index contributed by atoms with van der Waals surface area (Å²) < 4.78 is 64.2. The number of hydrogen-bond donors (Lipinski definition) is 3. The topological polar surface area (TPSA) is 67.1 Å². The molecule has 0 bridgehead atoms. The van der Waals surface area contributed by atoms with Crippen LogP contribution in [0.25, 0.3) is 0 Å². The van der Waals surface area contributed by atoms with Crippen LogP contribution in [0.5, 0.6) is 0 Å². The Balaban J connectivity index is 2.15. The largest absolute Gasteiger partial charge is 0.416 e. The predicted octanol–water partition coefficient (Wildman–Crippen LogP) is 4.21. The molecule has 0 saturated heterocycles. The average molecular weight is 331 g/mol. The fourth-order valence-corrected chi connectivity index (χ4v) is 1.70. The quantitative estimate of drug-likeness (QED) is 0.570. The first kappa shape index (κ1) is 16.5. The number of rotatable bonds is 2. The third-order valence-corrected chi connectivity index (χ3v) is 2.80. The normalized spacial score (nSPS) is 11.2. The summed E-state index contributed by atoms with van der Waals surface area (Å²) in [5.74, 6) is -1.73. The van der Waals surface area contributed by atoms with Gasteiger partial charge < -0.3 is 16.4 Å². The maximum absolute atomic E-state index is 13.5. The first-order valence-corrected chi connectivity index (χ1v) is 6.16. The summed E-state index contributed by atoms with van der Waals surface area (Å²) in [6.07, 6.45) is -4.67. The second-order valence-electron chi connectivity index (χ2n) is 4.51. The molecule has 9 heteroatoms. The number of carbonyl (C=O) groups excluding carboxylic acids is 1. The van der Waals surface area contributed by atoms with Gasteiger partial charge in [-0.15, -0.1) is 0 Å². The molecule has 2 amide bonds. The molecule has 0 atom stereocenters. The molecule has 0 saturated carbocycles. The molecule has 2 aromatic rings. The summed E-state index contributed by atoms with van der Waals surface area (Å²) in [6, 6.07) is 3.90. The van der Waals surface area contributed by atoms with Crippen LogP contribution in [0.1, 0.15) is 5.56 Å². The standard InChI is InChI=1S/C14H10F5N3O/c15-9-4-2-8(6-11(9)20)21-13(23)22-12-5-7(14(17,18)19)1-3-10(12)16/h1-6H,20H2,(H2,21,22,23). The number of carbonyl (C=O) groups is 1. The Hall–Kier alpha value is -2.84. The second kappa shape index (κ2) is 6.11. The lowest BCUT2D eigenvalue weighted by atomic mass is 10.2. The van der Waals surface area contributed by atoms with Crippen LogP contribution in [-0.2, 0) is 6.18 Å². The van der Waals surface area contributed by atoms with Gasteiger partial charge in [0.1, 0.15) is 11.6 Å². The number of amides is 2. The van der Waals surface area contributed by atoms with Gasteiger partial charge in [-0.25, -0.2) is 13.6 Å². The molecule has 0 aliphatic heterocycles. The van der Waals surface area contributed by atoms with Crippen molar-refractivity contribution < 1.29 is 26.7 Å². The number of anilines is 3. The van der Waals surface area contributed by atoms with Crippen LogP contribution < -0.4 is 16.4 Å². The van der Waals surface area contributed by atoms with E-state index in [1.54, 1.807) is 0 Å². The van der Waals surface area contributed by atoms with E-state index in [-0.39, 0.29) is 11.4 Å². The van der Waals surface area contributed by atoms with Gasteiger partial charge in [-0.3, -0.25) is 0 Å². The van der Waals surface area contributed by atoms with Crippen molar-refractivity contribution in [1.29, 1.82) is 0 Å². The fourth-order valence-electron chi connectivity index (χ4n) is 1.70. The SMILES string of the molecule is Nc1cc(NC(=O)Nc2cc(C(F)(F)F)ccc2F)ccc1F. The van der Waals surface area contributed by atoms with Gasteiger partial charge in [0, 0.05) is 5.69 Å². The van der Waals surface area contributed by atoms with Gasteiger partial charge in [0.25, 0.3) is 0 Å².